The van der Waals surface area contributed by atoms with Crippen molar-refractivity contribution in [3.63, 3.8) is 0 Å². The summed E-state index contributed by atoms with van der Waals surface area (Å²) in [6, 6.07) is 5.66. The number of halogens is 1. The first-order chi connectivity index (χ1) is 9.67. The van der Waals surface area contributed by atoms with E-state index in [1.165, 1.54) is 0 Å². The van der Waals surface area contributed by atoms with E-state index < -0.39 is 6.10 Å². The van der Waals surface area contributed by atoms with Crippen molar-refractivity contribution in [1.29, 1.82) is 0 Å². The number of hydrogen-bond donors (Lipinski definition) is 2. The number of benzene rings is 1. The van der Waals surface area contributed by atoms with E-state index in [1.807, 2.05) is 12.1 Å². The smallest absolute Gasteiger partial charge is 0.261 e. The fraction of sp³-hybridized carbons (Fsp3) is 0.533. The van der Waals surface area contributed by atoms with Gasteiger partial charge in [0.15, 0.2) is 6.10 Å². The Bertz CT molecular complexity index is 521. The van der Waals surface area contributed by atoms with Crippen LogP contribution < -0.4 is 15.8 Å². The van der Waals surface area contributed by atoms with Crippen LogP contribution in [0.5, 0.6) is 5.75 Å². The summed E-state index contributed by atoms with van der Waals surface area (Å²) < 4.78 is 5.70. The number of hydrogen-bond acceptors (Lipinski definition) is 3. The van der Waals surface area contributed by atoms with E-state index in [0.29, 0.717) is 23.9 Å². The lowest BCUT2D eigenvalue weighted by atomic mass is 10.0. The molecule has 3 atom stereocenters. The van der Waals surface area contributed by atoms with Crippen molar-refractivity contribution in [1.82, 2.24) is 5.32 Å². The number of fused-ring (bicyclic) bond motifs is 1. The molecule has 1 aliphatic carbocycles. The Morgan fingerprint density at radius 3 is 3.10 bits per heavy atom. The van der Waals surface area contributed by atoms with Gasteiger partial charge in [-0.15, -0.1) is 0 Å². The molecule has 2 aliphatic rings. The van der Waals surface area contributed by atoms with Crippen LogP contribution in [-0.2, 0) is 11.2 Å². The SMILES string of the molecule is NCC1CCCC1NC(=O)C1Cc2cc(Cl)ccc2O1. The van der Waals surface area contributed by atoms with Crippen molar-refractivity contribution in [2.24, 2.45) is 11.7 Å². The molecule has 5 heteroatoms. The molecule has 4 nitrogen and oxygen atoms in total. The highest BCUT2D eigenvalue weighted by Crippen LogP contribution is 2.31. The first kappa shape index (κ1) is 13.7. The lowest BCUT2D eigenvalue weighted by Crippen LogP contribution is -2.46. The molecule has 0 spiro atoms. The van der Waals surface area contributed by atoms with Crippen LogP contribution in [-0.4, -0.2) is 24.6 Å². The molecule has 1 aromatic rings. The Kier molecular flexibility index (Phi) is 3.85. The minimum Gasteiger partial charge on any atom is -0.480 e. The van der Waals surface area contributed by atoms with Gasteiger partial charge in [0.25, 0.3) is 5.91 Å². The summed E-state index contributed by atoms with van der Waals surface area (Å²) >= 11 is 5.96. The Morgan fingerprint density at radius 2 is 2.30 bits per heavy atom. The maximum atomic E-state index is 12.3. The van der Waals surface area contributed by atoms with E-state index in [-0.39, 0.29) is 11.9 Å². The molecular weight excluding hydrogens is 276 g/mol. The van der Waals surface area contributed by atoms with Crippen LogP contribution in [0.3, 0.4) is 0 Å². The Balaban J connectivity index is 1.62. The second-order valence-electron chi connectivity index (χ2n) is 5.60. The molecule has 3 N–H and O–H groups in total. The highest BCUT2D eigenvalue weighted by Gasteiger charge is 2.33. The van der Waals surface area contributed by atoms with Gasteiger partial charge in [0.2, 0.25) is 0 Å². The monoisotopic (exact) mass is 294 g/mol. The normalized spacial score (nSPS) is 28.0. The van der Waals surface area contributed by atoms with Gasteiger partial charge in [0, 0.05) is 17.5 Å². The molecule has 0 radical (unpaired) electrons. The number of carbonyl (C=O) groups excluding carboxylic acids is 1. The number of ether oxygens (including phenoxy) is 1. The standard InChI is InChI=1S/C15H19ClN2O2/c16-11-4-5-13-10(6-11)7-14(20-13)15(19)18-12-3-1-2-9(12)8-17/h4-6,9,12,14H,1-3,7-8,17H2,(H,18,19). The zero-order valence-electron chi connectivity index (χ0n) is 11.3. The lowest BCUT2D eigenvalue weighted by molar-refractivity contribution is -0.128. The maximum Gasteiger partial charge on any atom is 0.261 e. The second-order valence-corrected chi connectivity index (χ2v) is 6.04. The molecule has 1 fully saturated rings. The van der Waals surface area contributed by atoms with Crippen LogP contribution in [0.4, 0.5) is 0 Å². The number of rotatable bonds is 3. The molecule has 1 amide bonds. The number of amides is 1. The lowest BCUT2D eigenvalue weighted by Gasteiger charge is -2.21. The van der Waals surface area contributed by atoms with Crippen LogP contribution in [0.25, 0.3) is 0 Å². The van der Waals surface area contributed by atoms with Gasteiger partial charge in [-0.1, -0.05) is 18.0 Å². The molecule has 108 valence electrons. The maximum absolute atomic E-state index is 12.3. The van der Waals surface area contributed by atoms with Gasteiger partial charge in [-0.3, -0.25) is 4.79 Å². The molecule has 3 rings (SSSR count). The summed E-state index contributed by atoms with van der Waals surface area (Å²) in [5, 5.41) is 3.77. The molecule has 0 bridgehead atoms. The van der Waals surface area contributed by atoms with E-state index in [0.717, 1.165) is 30.6 Å². The molecule has 0 aromatic heterocycles. The van der Waals surface area contributed by atoms with Crippen molar-refractivity contribution in [3.8, 4) is 5.75 Å². The molecule has 0 saturated heterocycles. The quantitative estimate of drug-likeness (QED) is 0.895. The Hall–Kier alpha value is -1.26. The van der Waals surface area contributed by atoms with Crippen LogP contribution in [0.15, 0.2) is 18.2 Å². The molecule has 1 heterocycles. The minimum atomic E-state index is -0.442. The Labute approximate surface area is 123 Å². The molecule has 1 saturated carbocycles. The molecule has 1 aliphatic heterocycles. The van der Waals surface area contributed by atoms with Gasteiger partial charge in [-0.25, -0.2) is 0 Å². The summed E-state index contributed by atoms with van der Waals surface area (Å²) in [7, 11) is 0. The van der Waals surface area contributed by atoms with Gasteiger partial charge in [-0.05, 0) is 49.1 Å². The second kappa shape index (κ2) is 5.62. The van der Waals surface area contributed by atoms with Crippen LogP contribution in [0.1, 0.15) is 24.8 Å². The summed E-state index contributed by atoms with van der Waals surface area (Å²) in [4.78, 5) is 12.3. The summed E-state index contributed by atoms with van der Waals surface area (Å²) in [5.74, 6) is 1.12. The van der Waals surface area contributed by atoms with E-state index in [2.05, 4.69) is 5.32 Å². The van der Waals surface area contributed by atoms with Crippen molar-refractivity contribution >= 4 is 17.5 Å². The van der Waals surface area contributed by atoms with E-state index in [4.69, 9.17) is 22.1 Å². The third-order valence-electron chi connectivity index (χ3n) is 4.28. The topological polar surface area (TPSA) is 64.3 Å². The average molecular weight is 295 g/mol. The Morgan fingerprint density at radius 1 is 1.45 bits per heavy atom. The van der Waals surface area contributed by atoms with Crippen LogP contribution >= 0.6 is 11.6 Å². The van der Waals surface area contributed by atoms with E-state index >= 15 is 0 Å². The highest BCUT2D eigenvalue weighted by molar-refractivity contribution is 6.30. The van der Waals surface area contributed by atoms with Crippen molar-refractivity contribution in [2.45, 2.75) is 37.8 Å². The largest absolute Gasteiger partial charge is 0.480 e. The highest BCUT2D eigenvalue weighted by atomic mass is 35.5. The molecule has 3 unspecified atom stereocenters. The molecule has 1 aromatic carbocycles. The van der Waals surface area contributed by atoms with E-state index in [9.17, 15) is 4.79 Å². The number of nitrogens with one attached hydrogen (secondary N) is 1. The average Bonchev–Trinajstić information content (AvgIpc) is 3.04. The number of nitrogens with two attached hydrogens (primary N) is 1. The minimum absolute atomic E-state index is 0.0392. The fourth-order valence-electron chi connectivity index (χ4n) is 3.15. The third kappa shape index (κ3) is 2.63. The number of carbonyl (C=O) groups is 1. The molecular formula is C15H19ClN2O2. The predicted octanol–water partition coefficient (Wildman–Crippen LogP) is 1.89. The summed E-state index contributed by atoms with van der Waals surface area (Å²) in [6.45, 7) is 0.631. The summed E-state index contributed by atoms with van der Waals surface area (Å²) in [6.07, 6.45) is 3.39. The first-order valence-electron chi connectivity index (χ1n) is 7.13. The molecule has 20 heavy (non-hydrogen) atoms. The third-order valence-corrected chi connectivity index (χ3v) is 4.51. The zero-order chi connectivity index (χ0) is 14.1. The predicted molar refractivity (Wildman–Crippen MR) is 77.9 cm³/mol. The fourth-order valence-corrected chi connectivity index (χ4v) is 3.34. The van der Waals surface area contributed by atoms with Crippen molar-refractivity contribution < 1.29 is 9.53 Å². The van der Waals surface area contributed by atoms with Gasteiger partial charge < -0.3 is 15.8 Å². The van der Waals surface area contributed by atoms with Gasteiger partial charge in [-0.2, -0.15) is 0 Å². The van der Waals surface area contributed by atoms with Gasteiger partial charge in [0.1, 0.15) is 5.75 Å². The van der Waals surface area contributed by atoms with E-state index in [1.54, 1.807) is 6.07 Å². The van der Waals surface area contributed by atoms with Gasteiger partial charge >= 0.3 is 0 Å². The van der Waals surface area contributed by atoms with Crippen LogP contribution in [0.2, 0.25) is 5.02 Å². The summed E-state index contributed by atoms with van der Waals surface area (Å²) in [5.41, 5.74) is 6.74. The van der Waals surface area contributed by atoms with Crippen LogP contribution in [0, 0.1) is 5.92 Å². The van der Waals surface area contributed by atoms with Crippen molar-refractivity contribution in [3.05, 3.63) is 28.8 Å². The zero-order valence-corrected chi connectivity index (χ0v) is 12.0. The van der Waals surface area contributed by atoms with Gasteiger partial charge in [0.05, 0.1) is 0 Å². The first-order valence-corrected chi connectivity index (χ1v) is 7.50. The van der Waals surface area contributed by atoms with Crippen molar-refractivity contribution in [2.75, 3.05) is 6.54 Å².